The number of unbranched alkanes of at least 4 members (excludes halogenated alkanes) is 41. The molecule has 0 rings (SSSR count). The van der Waals surface area contributed by atoms with E-state index < -0.39 is 97.5 Å². The maximum Gasteiger partial charge on any atom is 0.472 e. The van der Waals surface area contributed by atoms with Crippen LogP contribution >= 0.6 is 15.6 Å². The largest absolute Gasteiger partial charge is 0.472 e. The van der Waals surface area contributed by atoms with Crippen LogP contribution in [0.15, 0.2) is 0 Å². The van der Waals surface area contributed by atoms with Gasteiger partial charge in [-0.15, -0.1) is 0 Å². The fraction of sp³-hybridized carbons (Fsp3) is 0.949. The van der Waals surface area contributed by atoms with Crippen molar-refractivity contribution in [2.75, 3.05) is 39.6 Å². The van der Waals surface area contributed by atoms with E-state index in [0.717, 1.165) is 115 Å². The molecular weight excluding hydrogens is 1280 g/mol. The SMILES string of the molecule is CCC(C)CCCCCCCCCCCCCCCCC(=O)O[C@H](COC(=O)CCCCCCCCC(C)C)COP(=O)(O)OC[C@H](O)COP(=O)(O)OC[C@@H](COC(=O)CCCCCCCCCC(C)C)OC(=O)CCCCCCCCCCCCCCCCCCCCC(C)C. The first-order chi connectivity index (χ1) is 47.1. The molecule has 0 aliphatic carbocycles. The van der Waals surface area contributed by atoms with Gasteiger partial charge in [0.2, 0.25) is 0 Å². The van der Waals surface area contributed by atoms with Crippen LogP contribution in [0.25, 0.3) is 0 Å². The minimum atomic E-state index is -4.96. The second-order valence-corrected chi connectivity index (χ2v) is 33.0. The van der Waals surface area contributed by atoms with E-state index in [1.54, 1.807) is 0 Å². The molecule has 19 heteroatoms. The molecule has 3 unspecified atom stereocenters. The Kier molecular flexibility index (Phi) is 66.8. The van der Waals surface area contributed by atoms with E-state index in [-0.39, 0.29) is 25.7 Å². The van der Waals surface area contributed by atoms with Gasteiger partial charge < -0.3 is 33.8 Å². The van der Waals surface area contributed by atoms with Crippen LogP contribution in [0.2, 0.25) is 0 Å². The summed E-state index contributed by atoms with van der Waals surface area (Å²) in [6, 6.07) is 0. The molecule has 0 fully saturated rings. The summed E-state index contributed by atoms with van der Waals surface area (Å²) < 4.78 is 68.5. The molecular formula is C79H154O17P2. The van der Waals surface area contributed by atoms with E-state index in [4.69, 9.17) is 37.0 Å². The third-order valence-corrected chi connectivity index (χ3v) is 20.6. The molecule has 0 radical (unpaired) electrons. The molecule has 6 atom stereocenters. The Hall–Kier alpha value is -1.94. The van der Waals surface area contributed by atoms with Crippen molar-refractivity contribution in [3.8, 4) is 0 Å². The van der Waals surface area contributed by atoms with Crippen LogP contribution in [0, 0.1) is 23.7 Å². The van der Waals surface area contributed by atoms with Crippen LogP contribution < -0.4 is 0 Å². The van der Waals surface area contributed by atoms with E-state index in [2.05, 4.69) is 55.4 Å². The summed E-state index contributed by atoms with van der Waals surface area (Å²) in [6.45, 7) is 14.2. The van der Waals surface area contributed by atoms with Crippen LogP contribution in [0.3, 0.4) is 0 Å². The zero-order valence-electron chi connectivity index (χ0n) is 64.4. The Bertz CT molecular complexity index is 1920. The number of hydrogen-bond acceptors (Lipinski definition) is 15. The molecule has 0 aliphatic heterocycles. The number of aliphatic hydroxyl groups is 1. The van der Waals surface area contributed by atoms with Gasteiger partial charge in [-0.2, -0.15) is 0 Å². The van der Waals surface area contributed by atoms with Gasteiger partial charge >= 0.3 is 39.5 Å². The lowest BCUT2D eigenvalue weighted by atomic mass is 9.99. The van der Waals surface area contributed by atoms with Crippen molar-refractivity contribution in [1.29, 1.82) is 0 Å². The van der Waals surface area contributed by atoms with Gasteiger partial charge in [0, 0.05) is 25.7 Å². The number of phosphoric ester groups is 2. The first-order valence-electron chi connectivity index (χ1n) is 40.7. The standard InChI is InChI=1S/C79H154O17P2/c1-9-72(8)58-50-42-33-27-23-19-16-17-21-25-29-35-46-54-62-79(84)96-75(66-90-77(82)60-52-44-38-37-41-49-57-71(6)7)68-94-98(87,88)92-64-73(80)63-91-97(85,86)93-67-74(65-89-76(81)59-51-43-36-30-32-40-48-56-70(4)5)95-78(83)61-53-45-34-28-24-20-15-13-11-10-12-14-18-22-26-31-39-47-55-69(2)3/h69-75,80H,9-68H2,1-8H3,(H,85,86)(H,87,88)/t72?,73-,74-,75-/m1/s1. The number of carbonyl (C=O) groups excluding carboxylic acids is 4. The lowest BCUT2D eigenvalue weighted by Gasteiger charge is -2.21. The maximum absolute atomic E-state index is 13.1. The van der Waals surface area contributed by atoms with Crippen molar-refractivity contribution < 1.29 is 80.2 Å². The minimum Gasteiger partial charge on any atom is -0.462 e. The highest BCUT2D eigenvalue weighted by Gasteiger charge is 2.30. The van der Waals surface area contributed by atoms with Crippen molar-refractivity contribution in [3.05, 3.63) is 0 Å². The van der Waals surface area contributed by atoms with Crippen LogP contribution in [-0.4, -0.2) is 96.7 Å². The smallest absolute Gasteiger partial charge is 0.462 e. The second kappa shape index (κ2) is 68.2. The quantitative estimate of drug-likeness (QED) is 0.0222. The fourth-order valence-corrected chi connectivity index (χ4v) is 13.6. The Morgan fingerprint density at radius 3 is 0.724 bits per heavy atom. The number of ether oxygens (including phenoxy) is 4. The molecule has 17 nitrogen and oxygen atoms in total. The molecule has 98 heavy (non-hydrogen) atoms. The molecule has 0 aromatic carbocycles. The van der Waals surface area contributed by atoms with Crippen molar-refractivity contribution >= 4 is 39.5 Å². The van der Waals surface area contributed by atoms with E-state index in [1.807, 2.05) is 0 Å². The summed E-state index contributed by atoms with van der Waals surface area (Å²) in [5.74, 6) is 0.930. The first-order valence-corrected chi connectivity index (χ1v) is 43.7. The molecule has 0 aromatic heterocycles. The number of hydrogen-bond donors (Lipinski definition) is 3. The highest BCUT2D eigenvalue weighted by atomic mass is 31.2. The molecule has 0 bridgehead atoms. The van der Waals surface area contributed by atoms with E-state index in [0.29, 0.717) is 37.5 Å². The summed E-state index contributed by atoms with van der Waals surface area (Å²) in [5.41, 5.74) is 0. The molecule has 0 saturated carbocycles. The zero-order valence-corrected chi connectivity index (χ0v) is 66.2. The number of phosphoric acid groups is 2. The number of esters is 4. The van der Waals surface area contributed by atoms with E-state index >= 15 is 0 Å². The minimum absolute atomic E-state index is 0.106. The van der Waals surface area contributed by atoms with Gasteiger partial charge in [-0.3, -0.25) is 37.3 Å². The van der Waals surface area contributed by atoms with Crippen LogP contribution in [0.5, 0.6) is 0 Å². The van der Waals surface area contributed by atoms with Gasteiger partial charge in [-0.1, -0.05) is 351 Å². The molecule has 0 aliphatic rings. The summed E-state index contributed by atoms with van der Waals surface area (Å²) in [7, 11) is -9.92. The molecule has 0 spiro atoms. The second-order valence-electron chi connectivity index (χ2n) is 30.1. The van der Waals surface area contributed by atoms with Crippen LogP contribution in [-0.2, 0) is 65.4 Å². The molecule has 0 amide bonds. The zero-order chi connectivity index (χ0) is 72.4. The predicted octanol–water partition coefficient (Wildman–Crippen LogP) is 23.2. The molecule has 0 saturated heterocycles. The van der Waals surface area contributed by atoms with Gasteiger partial charge in [-0.25, -0.2) is 9.13 Å². The first kappa shape index (κ1) is 96.1. The lowest BCUT2D eigenvalue weighted by Crippen LogP contribution is -2.30. The highest BCUT2D eigenvalue weighted by Crippen LogP contribution is 2.45. The normalized spacial score (nSPS) is 14.3. The average molecular weight is 1440 g/mol. The van der Waals surface area contributed by atoms with E-state index in [9.17, 15) is 43.2 Å². The van der Waals surface area contributed by atoms with Gasteiger partial charge in [0.05, 0.1) is 26.4 Å². The van der Waals surface area contributed by atoms with Crippen molar-refractivity contribution in [3.63, 3.8) is 0 Å². The lowest BCUT2D eigenvalue weighted by molar-refractivity contribution is -0.161. The Morgan fingerprint density at radius 2 is 0.490 bits per heavy atom. The monoisotopic (exact) mass is 1440 g/mol. The maximum atomic E-state index is 13.1. The van der Waals surface area contributed by atoms with Crippen LogP contribution in [0.4, 0.5) is 0 Å². The Balaban J connectivity index is 5.15. The predicted molar refractivity (Wildman–Crippen MR) is 400 cm³/mol. The fourth-order valence-electron chi connectivity index (χ4n) is 12.0. The topological polar surface area (TPSA) is 237 Å². The summed E-state index contributed by atoms with van der Waals surface area (Å²) >= 11 is 0. The van der Waals surface area contributed by atoms with Gasteiger partial charge in [-0.05, 0) is 49.4 Å². The van der Waals surface area contributed by atoms with Crippen molar-refractivity contribution in [2.24, 2.45) is 23.7 Å². The average Bonchev–Trinajstić information content (AvgIpc) is 0.933. The molecule has 0 heterocycles. The Labute approximate surface area is 600 Å². The van der Waals surface area contributed by atoms with E-state index in [1.165, 1.54) is 193 Å². The Morgan fingerprint density at radius 1 is 0.286 bits per heavy atom. The van der Waals surface area contributed by atoms with Gasteiger partial charge in [0.25, 0.3) is 0 Å². The molecule has 3 N–H and O–H groups in total. The third-order valence-electron chi connectivity index (χ3n) is 18.7. The summed E-state index contributed by atoms with van der Waals surface area (Å²) in [6.07, 6.45) is 54.4. The van der Waals surface area contributed by atoms with Crippen molar-refractivity contribution in [1.82, 2.24) is 0 Å². The van der Waals surface area contributed by atoms with Gasteiger partial charge in [0.15, 0.2) is 12.2 Å². The van der Waals surface area contributed by atoms with Crippen LogP contribution in [0.1, 0.15) is 402 Å². The number of aliphatic hydroxyl groups excluding tert-OH is 1. The number of rotatable bonds is 76. The molecule has 0 aromatic rings. The number of carbonyl (C=O) groups is 4. The molecule has 582 valence electrons. The van der Waals surface area contributed by atoms with Crippen molar-refractivity contribution in [2.45, 2.75) is 420 Å². The van der Waals surface area contributed by atoms with Gasteiger partial charge in [0.1, 0.15) is 19.3 Å². The highest BCUT2D eigenvalue weighted by molar-refractivity contribution is 7.47. The third kappa shape index (κ3) is 71.1. The summed E-state index contributed by atoms with van der Waals surface area (Å²) in [4.78, 5) is 72.8. The summed E-state index contributed by atoms with van der Waals surface area (Å²) in [5, 5.41) is 10.6.